The van der Waals surface area contributed by atoms with E-state index in [1.807, 2.05) is 20.8 Å². The van der Waals surface area contributed by atoms with E-state index in [-0.39, 0.29) is 34.4 Å². The number of primary sulfonamides is 1. The quantitative estimate of drug-likeness (QED) is 0.693. The third-order valence-corrected chi connectivity index (χ3v) is 6.75. The number of sulfonamides is 1. The summed E-state index contributed by atoms with van der Waals surface area (Å²) >= 11 is 0. The number of hydrogen-bond donors (Lipinski definition) is 1. The van der Waals surface area contributed by atoms with Crippen molar-refractivity contribution >= 4 is 33.4 Å². The lowest BCUT2D eigenvalue weighted by atomic mass is 9.88. The molecular weight excluding hydrogens is 418 g/mol. The number of carbonyl (C=O) groups is 3. The van der Waals surface area contributed by atoms with E-state index in [0.29, 0.717) is 6.42 Å². The smallest absolute Gasteiger partial charge is 0.257 e. The molecule has 170 valence electrons. The molecular formula is C22H31N3O5S. The van der Waals surface area contributed by atoms with E-state index < -0.39 is 27.9 Å². The van der Waals surface area contributed by atoms with Gasteiger partial charge in [-0.05, 0) is 42.5 Å². The molecule has 9 heteroatoms. The number of hydrogen-bond acceptors (Lipinski definition) is 5. The summed E-state index contributed by atoms with van der Waals surface area (Å²) in [5.41, 5.74) is 0.0376. The number of rotatable bonds is 5. The van der Waals surface area contributed by atoms with Gasteiger partial charge in [-0.3, -0.25) is 14.4 Å². The number of nitrogens with two attached hydrogens (primary N) is 1. The molecule has 0 bridgehead atoms. The normalized spacial score (nSPS) is 20.9. The predicted octanol–water partition coefficient (Wildman–Crippen LogP) is 2.56. The molecule has 0 aromatic heterocycles. The number of imide groups is 1. The van der Waals surface area contributed by atoms with E-state index >= 15 is 0 Å². The monoisotopic (exact) mass is 449 g/mol. The Hall–Kier alpha value is -2.26. The molecule has 1 aliphatic carbocycles. The van der Waals surface area contributed by atoms with Gasteiger partial charge in [0.1, 0.15) is 6.04 Å². The molecule has 1 aliphatic heterocycles. The summed E-state index contributed by atoms with van der Waals surface area (Å²) in [6, 6.07) is 4.43. The van der Waals surface area contributed by atoms with Gasteiger partial charge < -0.3 is 4.90 Å². The van der Waals surface area contributed by atoms with Gasteiger partial charge in [0.25, 0.3) is 5.91 Å². The molecule has 1 aromatic rings. The van der Waals surface area contributed by atoms with Gasteiger partial charge in [0, 0.05) is 12.5 Å². The highest BCUT2D eigenvalue weighted by molar-refractivity contribution is 7.89. The van der Waals surface area contributed by atoms with Gasteiger partial charge in [0.15, 0.2) is 0 Å². The van der Waals surface area contributed by atoms with Gasteiger partial charge in [-0.2, -0.15) is 0 Å². The van der Waals surface area contributed by atoms with Crippen molar-refractivity contribution in [1.29, 1.82) is 0 Å². The van der Waals surface area contributed by atoms with Crippen molar-refractivity contribution in [3.63, 3.8) is 0 Å². The van der Waals surface area contributed by atoms with Crippen molar-refractivity contribution in [1.82, 2.24) is 4.90 Å². The minimum Gasteiger partial charge on any atom is -0.327 e. The molecule has 0 spiro atoms. The molecule has 2 N–H and O–H groups in total. The highest BCUT2D eigenvalue weighted by atomic mass is 32.2. The molecule has 2 fully saturated rings. The summed E-state index contributed by atoms with van der Waals surface area (Å²) < 4.78 is 23.0. The highest BCUT2D eigenvalue weighted by Gasteiger charge is 2.46. The lowest BCUT2D eigenvalue weighted by Gasteiger charge is -2.38. The molecule has 1 saturated heterocycles. The largest absolute Gasteiger partial charge is 0.327 e. The fourth-order valence-electron chi connectivity index (χ4n) is 4.43. The molecule has 3 amide bonds. The first kappa shape index (κ1) is 23.4. The zero-order chi connectivity index (χ0) is 23.0. The molecule has 2 aliphatic rings. The Bertz CT molecular complexity index is 960. The molecule has 8 nitrogen and oxygen atoms in total. The van der Waals surface area contributed by atoms with Crippen LogP contribution >= 0.6 is 0 Å². The van der Waals surface area contributed by atoms with E-state index in [4.69, 9.17) is 5.14 Å². The van der Waals surface area contributed by atoms with Crippen LogP contribution in [0.5, 0.6) is 0 Å². The van der Waals surface area contributed by atoms with Crippen molar-refractivity contribution in [3.05, 3.63) is 24.3 Å². The maximum atomic E-state index is 13.3. The Morgan fingerprint density at radius 1 is 1.10 bits per heavy atom. The van der Waals surface area contributed by atoms with Crippen LogP contribution in [-0.2, 0) is 24.4 Å². The van der Waals surface area contributed by atoms with Gasteiger partial charge >= 0.3 is 0 Å². The number of nitrogens with zero attached hydrogens (tertiary/aromatic N) is 2. The Balaban J connectivity index is 1.89. The van der Waals surface area contributed by atoms with Crippen molar-refractivity contribution < 1.29 is 22.8 Å². The van der Waals surface area contributed by atoms with Crippen LogP contribution in [0, 0.1) is 5.41 Å². The zero-order valence-corrected chi connectivity index (χ0v) is 19.2. The van der Waals surface area contributed by atoms with Gasteiger partial charge in [-0.15, -0.1) is 0 Å². The number of anilines is 1. The third-order valence-electron chi connectivity index (χ3n) is 5.82. The van der Waals surface area contributed by atoms with Crippen molar-refractivity contribution in [2.75, 3.05) is 4.90 Å². The minimum atomic E-state index is -3.88. The zero-order valence-electron chi connectivity index (χ0n) is 18.3. The van der Waals surface area contributed by atoms with Crippen LogP contribution < -0.4 is 10.0 Å². The van der Waals surface area contributed by atoms with Crippen molar-refractivity contribution in [2.24, 2.45) is 10.6 Å². The summed E-state index contributed by atoms with van der Waals surface area (Å²) in [5, 5.41) is 5.12. The second-order valence-corrected chi connectivity index (χ2v) is 11.2. The summed E-state index contributed by atoms with van der Waals surface area (Å²) in [6.45, 7) is 5.93. The summed E-state index contributed by atoms with van der Waals surface area (Å²) in [5.74, 6) is -0.944. The lowest BCUT2D eigenvalue weighted by molar-refractivity contribution is -0.143. The first-order chi connectivity index (χ1) is 14.4. The second kappa shape index (κ2) is 8.70. The Labute approximate surface area is 183 Å². The van der Waals surface area contributed by atoms with E-state index in [0.717, 1.165) is 37.0 Å². The first-order valence-electron chi connectivity index (χ1n) is 10.7. The summed E-state index contributed by atoms with van der Waals surface area (Å²) in [7, 11) is -3.88. The highest BCUT2D eigenvalue weighted by Crippen LogP contribution is 2.33. The van der Waals surface area contributed by atoms with Gasteiger partial charge in [0.05, 0.1) is 17.0 Å². The molecule has 1 heterocycles. The molecule has 0 radical (unpaired) electrons. The molecule has 1 aromatic carbocycles. The van der Waals surface area contributed by atoms with Crippen LogP contribution in [0.4, 0.5) is 5.69 Å². The van der Waals surface area contributed by atoms with Crippen LogP contribution in [0.3, 0.4) is 0 Å². The van der Waals surface area contributed by atoms with Crippen LogP contribution in [0.25, 0.3) is 0 Å². The fraction of sp³-hybridized carbons (Fsp3) is 0.591. The first-order valence-corrected chi connectivity index (χ1v) is 12.2. The molecule has 31 heavy (non-hydrogen) atoms. The molecule has 1 saturated carbocycles. The van der Waals surface area contributed by atoms with Gasteiger partial charge in [-0.25, -0.2) is 18.5 Å². The van der Waals surface area contributed by atoms with Crippen LogP contribution in [0.2, 0.25) is 0 Å². The van der Waals surface area contributed by atoms with E-state index in [2.05, 4.69) is 0 Å². The van der Waals surface area contributed by atoms with Crippen molar-refractivity contribution in [2.45, 2.75) is 82.7 Å². The predicted molar refractivity (Wildman–Crippen MR) is 117 cm³/mol. The average Bonchev–Trinajstić information content (AvgIpc) is 2.95. The summed E-state index contributed by atoms with van der Waals surface area (Å²) in [4.78, 5) is 42.0. The lowest BCUT2D eigenvalue weighted by Crippen LogP contribution is -2.52. The van der Waals surface area contributed by atoms with E-state index in [1.54, 1.807) is 4.90 Å². The van der Waals surface area contributed by atoms with E-state index in [1.165, 1.54) is 24.3 Å². The summed E-state index contributed by atoms with van der Waals surface area (Å²) in [6.07, 6.45) is 4.99. The molecule has 3 rings (SSSR count). The van der Waals surface area contributed by atoms with Gasteiger partial charge in [-0.1, -0.05) is 40.0 Å². The number of benzene rings is 1. The maximum absolute atomic E-state index is 13.3. The Morgan fingerprint density at radius 2 is 1.68 bits per heavy atom. The second-order valence-electron chi connectivity index (χ2n) is 9.66. The topological polar surface area (TPSA) is 118 Å². The van der Waals surface area contributed by atoms with Crippen molar-refractivity contribution in [3.8, 4) is 0 Å². The average molecular weight is 450 g/mol. The Kier molecular flexibility index (Phi) is 6.57. The standard InChI is InChI=1S/C22H31N3O5S/c1-22(2,3)14-20(27)24(15-7-5-4-6-8-15)18-13-19(26)25(21(18)28)16-9-11-17(12-10-16)31(23,29)30/h9-12,15,18H,4-8,13-14H2,1-3H3,(H2,23,29,30). The number of amides is 3. The number of carbonyl (C=O) groups excluding carboxylic acids is 3. The fourth-order valence-corrected chi connectivity index (χ4v) is 4.94. The van der Waals surface area contributed by atoms with E-state index in [9.17, 15) is 22.8 Å². The maximum Gasteiger partial charge on any atom is 0.257 e. The van der Waals surface area contributed by atoms with Crippen LogP contribution in [0.1, 0.15) is 65.7 Å². The third kappa shape index (κ3) is 5.33. The minimum absolute atomic E-state index is 0.0462. The van der Waals surface area contributed by atoms with Crippen LogP contribution in [0.15, 0.2) is 29.2 Å². The van der Waals surface area contributed by atoms with Crippen LogP contribution in [-0.4, -0.2) is 43.1 Å². The Morgan fingerprint density at radius 3 is 2.19 bits per heavy atom. The SMILES string of the molecule is CC(C)(C)CC(=O)N(C1CCCCC1)C1CC(=O)N(c2ccc(S(N)(=O)=O)cc2)C1=O. The molecule has 1 unspecified atom stereocenters. The molecule has 1 atom stereocenters. The van der Waals surface area contributed by atoms with Gasteiger partial charge in [0.2, 0.25) is 21.8 Å².